The number of carbonyl (C=O) groups is 2. The van der Waals surface area contributed by atoms with Crippen LogP contribution in [0.15, 0.2) is 24.3 Å². The van der Waals surface area contributed by atoms with Crippen molar-refractivity contribution in [3.63, 3.8) is 0 Å². The molecule has 1 unspecified atom stereocenters. The molecule has 24 heavy (non-hydrogen) atoms. The topological polar surface area (TPSA) is 93.1 Å². The lowest BCUT2D eigenvalue weighted by atomic mass is 10.0. The third kappa shape index (κ3) is 4.79. The Labute approximate surface area is 141 Å². The van der Waals surface area contributed by atoms with Crippen LogP contribution >= 0.6 is 0 Å². The quantitative estimate of drug-likeness (QED) is 0.452. The first-order chi connectivity index (χ1) is 11.4. The predicted octanol–water partition coefficient (Wildman–Crippen LogP) is 2.77. The SMILES string of the molecule is CCCCCCCCC1OC(=O)c2ccc(cc2)C(=O)OC1(O)O. The lowest BCUT2D eigenvalue weighted by Gasteiger charge is -2.30. The maximum absolute atomic E-state index is 12.1. The summed E-state index contributed by atoms with van der Waals surface area (Å²) in [6.07, 6.45) is 4.85. The highest BCUT2D eigenvalue weighted by Gasteiger charge is 2.42. The number of unbranched alkanes of at least 4 members (excludes halogenated alkanes) is 5. The molecule has 0 fully saturated rings. The number of benzene rings is 1. The first kappa shape index (κ1) is 18.4. The molecule has 2 aliphatic heterocycles. The van der Waals surface area contributed by atoms with E-state index in [2.05, 4.69) is 6.92 Å². The van der Waals surface area contributed by atoms with E-state index in [-0.39, 0.29) is 17.5 Å². The summed E-state index contributed by atoms with van der Waals surface area (Å²) >= 11 is 0. The summed E-state index contributed by atoms with van der Waals surface area (Å²) in [5.41, 5.74) is 0.386. The van der Waals surface area contributed by atoms with Crippen LogP contribution in [-0.4, -0.2) is 34.2 Å². The average Bonchev–Trinajstić information content (AvgIpc) is 2.55. The van der Waals surface area contributed by atoms with Gasteiger partial charge in [-0.1, -0.05) is 39.0 Å². The van der Waals surface area contributed by atoms with Crippen LogP contribution in [0, 0.1) is 0 Å². The number of hydrogen-bond acceptors (Lipinski definition) is 6. The molecular weight excluding hydrogens is 312 g/mol. The first-order valence-corrected chi connectivity index (χ1v) is 8.43. The highest BCUT2D eigenvalue weighted by molar-refractivity contribution is 5.93. The van der Waals surface area contributed by atoms with Crippen molar-refractivity contribution in [1.82, 2.24) is 0 Å². The Morgan fingerprint density at radius 3 is 2.08 bits per heavy atom. The van der Waals surface area contributed by atoms with E-state index in [0.717, 1.165) is 32.1 Å². The van der Waals surface area contributed by atoms with E-state index >= 15 is 0 Å². The van der Waals surface area contributed by atoms with E-state index < -0.39 is 24.0 Å². The van der Waals surface area contributed by atoms with Crippen LogP contribution in [0.4, 0.5) is 0 Å². The van der Waals surface area contributed by atoms with E-state index in [1.165, 1.54) is 24.3 Å². The Hall–Kier alpha value is -1.92. The molecule has 0 aliphatic carbocycles. The monoisotopic (exact) mass is 336 g/mol. The molecule has 2 bridgehead atoms. The van der Waals surface area contributed by atoms with Gasteiger partial charge in [0.05, 0.1) is 11.1 Å². The van der Waals surface area contributed by atoms with Crippen molar-refractivity contribution >= 4 is 11.9 Å². The molecule has 2 aliphatic rings. The third-order valence-corrected chi connectivity index (χ3v) is 4.09. The Morgan fingerprint density at radius 2 is 1.46 bits per heavy atom. The van der Waals surface area contributed by atoms with E-state index in [9.17, 15) is 19.8 Å². The largest absolute Gasteiger partial charge is 0.449 e. The molecule has 3 rings (SSSR count). The minimum atomic E-state index is -2.84. The fraction of sp³-hybridized carbons (Fsp3) is 0.556. The fourth-order valence-corrected chi connectivity index (χ4v) is 2.63. The van der Waals surface area contributed by atoms with Gasteiger partial charge in [0.15, 0.2) is 6.10 Å². The zero-order valence-corrected chi connectivity index (χ0v) is 13.9. The number of esters is 2. The highest BCUT2D eigenvalue weighted by Crippen LogP contribution is 2.24. The summed E-state index contributed by atoms with van der Waals surface area (Å²) in [5, 5.41) is 20.2. The lowest BCUT2D eigenvalue weighted by molar-refractivity contribution is -0.349. The van der Waals surface area contributed by atoms with Gasteiger partial charge in [-0.15, -0.1) is 0 Å². The summed E-state index contributed by atoms with van der Waals surface area (Å²) in [6.45, 7) is 2.13. The first-order valence-electron chi connectivity index (χ1n) is 8.43. The Kier molecular flexibility index (Phi) is 6.34. The molecule has 6 nitrogen and oxygen atoms in total. The highest BCUT2D eigenvalue weighted by atomic mass is 16.8. The van der Waals surface area contributed by atoms with Crippen LogP contribution in [0.5, 0.6) is 0 Å². The summed E-state index contributed by atoms with van der Waals surface area (Å²) in [5.74, 6) is -4.40. The number of carbonyl (C=O) groups excluding carboxylic acids is 2. The molecule has 0 radical (unpaired) electrons. The van der Waals surface area contributed by atoms with Crippen molar-refractivity contribution in [3.05, 3.63) is 35.4 Å². The second-order valence-corrected chi connectivity index (χ2v) is 6.08. The summed E-state index contributed by atoms with van der Waals surface area (Å²) in [7, 11) is 0. The molecule has 6 heteroatoms. The predicted molar refractivity (Wildman–Crippen MR) is 86.2 cm³/mol. The smallest absolute Gasteiger partial charge is 0.363 e. The fourth-order valence-electron chi connectivity index (χ4n) is 2.63. The molecule has 0 amide bonds. The van der Waals surface area contributed by atoms with Crippen LogP contribution in [0.2, 0.25) is 0 Å². The average molecular weight is 336 g/mol. The van der Waals surface area contributed by atoms with Gasteiger partial charge in [0.2, 0.25) is 0 Å². The Balaban J connectivity index is 2.04. The van der Waals surface area contributed by atoms with Gasteiger partial charge in [0.1, 0.15) is 0 Å². The standard InChI is InChI=1S/C18H24O6/c1-2-3-4-5-6-7-8-15-18(21,22)24-17(20)14-11-9-13(10-12-14)16(19)23-15/h9-12,15,21-22H,2-8H2,1H3. The second-order valence-electron chi connectivity index (χ2n) is 6.08. The summed E-state index contributed by atoms with van der Waals surface area (Å²) in [6, 6.07) is 5.65. The summed E-state index contributed by atoms with van der Waals surface area (Å²) < 4.78 is 9.93. The van der Waals surface area contributed by atoms with Crippen molar-refractivity contribution in [2.75, 3.05) is 0 Å². The number of ether oxygens (including phenoxy) is 2. The number of fused-ring (bicyclic) bond motifs is 7. The molecule has 0 aromatic heterocycles. The molecule has 1 atom stereocenters. The van der Waals surface area contributed by atoms with Crippen LogP contribution in [-0.2, 0) is 9.47 Å². The van der Waals surface area contributed by atoms with Gasteiger partial charge < -0.3 is 19.7 Å². The van der Waals surface area contributed by atoms with Crippen molar-refractivity contribution in [2.45, 2.75) is 63.9 Å². The van der Waals surface area contributed by atoms with Crippen LogP contribution in [0.3, 0.4) is 0 Å². The van der Waals surface area contributed by atoms with Gasteiger partial charge in [0.25, 0.3) is 0 Å². The van der Waals surface area contributed by atoms with Gasteiger partial charge >= 0.3 is 17.9 Å². The number of rotatable bonds is 7. The molecule has 132 valence electrons. The van der Waals surface area contributed by atoms with Crippen molar-refractivity contribution in [1.29, 1.82) is 0 Å². The van der Waals surface area contributed by atoms with E-state index in [1.54, 1.807) is 0 Å². The molecule has 0 saturated heterocycles. The molecule has 1 aromatic rings. The summed E-state index contributed by atoms with van der Waals surface area (Å²) in [4.78, 5) is 24.1. The molecular formula is C18H24O6. The van der Waals surface area contributed by atoms with Gasteiger partial charge in [-0.3, -0.25) is 0 Å². The van der Waals surface area contributed by atoms with Crippen LogP contribution in [0.1, 0.15) is 72.6 Å². The van der Waals surface area contributed by atoms with Gasteiger partial charge in [-0.2, -0.15) is 0 Å². The van der Waals surface area contributed by atoms with E-state index in [0.29, 0.717) is 6.42 Å². The third-order valence-electron chi connectivity index (χ3n) is 4.09. The maximum atomic E-state index is 12.1. The minimum absolute atomic E-state index is 0.138. The second kappa shape index (κ2) is 8.26. The molecule has 2 N–H and O–H groups in total. The van der Waals surface area contributed by atoms with Gasteiger partial charge in [-0.05, 0) is 37.1 Å². The normalized spacial score (nSPS) is 19.7. The maximum Gasteiger partial charge on any atom is 0.363 e. The number of aliphatic hydroxyl groups is 2. The molecule has 1 aromatic carbocycles. The van der Waals surface area contributed by atoms with Gasteiger partial charge in [-0.25, -0.2) is 9.59 Å². The van der Waals surface area contributed by atoms with E-state index in [4.69, 9.17) is 9.47 Å². The zero-order valence-electron chi connectivity index (χ0n) is 13.9. The van der Waals surface area contributed by atoms with Gasteiger partial charge in [0, 0.05) is 0 Å². The molecule has 0 saturated carbocycles. The van der Waals surface area contributed by atoms with E-state index in [1.807, 2.05) is 0 Å². The number of hydrogen-bond donors (Lipinski definition) is 2. The van der Waals surface area contributed by atoms with Crippen molar-refractivity contribution in [2.24, 2.45) is 0 Å². The van der Waals surface area contributed by atoms with Crippen molar-refractivity contribution in [3.8, 4) is 0 Å². The molecule has 2 heterocycles. The minimum Gasteiger partial charge on any atom is -0.449 e. The molecule has 0 spiro atoms. The lowest BCUT2D eigenvalue weighted by Crippen LogP contribution is -2.49. The zero-order chi connectivity index (χ0) is 17.6. The Bertz CT molecular complexity index is 563. The van der Waals surface area contributed by atoms with Crippen LogP contribution < -0.4 is 0 Å². The van der Waals surface area contributed by atoms with Crippen molar-refractivity contribution < 1.29 is 29.3 Å². The Morgan fingerprint density at radius 1 is 0.917 bits per heavy atom. The van der Waals surface area contributed by atoms with Crippen LogP contribution in [0.25, 0.3) is 0 Å².